The van der Waals surface area contributed by atoms with Gasteiger partial charge in [0.15, 0.2) is 9.84 Å². The number of hydrogen-bond acceptors (Lipinski definition) is 3. The van der Waals surface area contributed by atoms with Crippen molar-refractivity contribution in [2.45, 2.75) is 12.7 Å². The predicted octanol–water partition coefficient (Wildman–Crippen LogP) is 1.27. The van der Waals surface area contributed by atoms with Crippen LogP contribution >= 0.6 is 0 Å². The van der Waals surface area contributed by atoms with Crippen molar-refractivity contribution in [3.05, 3.63) is 35.1 Å². The fourth-order valence-electron chi connectivity index (χ4n) is 1.92. The van der Waals surface area contributed by atoms with Crippen LogP contribution in [0.2, 0.25) is 0 Å². The van der Waals surface area contributed by atoms with E-state index in [1.165, 1.54) is 12.1 Å². The number of halogens is 1. The summed E-state index contributed by atoms with van der Waals surface area (Å²) in [5.74, 6) is -0.0387. The Bertz CT molecular complexity index is 509. The number of benzene rings is 1. The van der Waals surface area contributed by atoms with Gasteiger partial charge in [-0.25, -0.2) is 12.8 Å². The Morgan fingerprint density at radius 1 is 1.41 bits per heavy atom. The van der Waals surface area contributed by atoms with Gasteiger partial charge < -0.3 is 5.32 Å². The topological polar surface area (TPSA) is 46.2 Å². The van der Waals surface area contributed by atoms with Crippen LogP contribution in [0.3, 0.4) is 0 Å². The summed E-state index contributed by atoms with van der Waals surface area (Å²) in [5, 5.41) is 3.04. The fraction of sp³-hybridized carbons (Fsp3) is 0.500. The van der Waals surface area contributed by atoms with Gasteiger partial charge in [-0.15, -0.1) is 0 Å². The van der Waals surface area contributed by atoms with Gasteiger partial charge in [-0.1, -0.05) is 6.07 Å². The quantitative estimate of drug-likeness (QED) is 0.883. The molecule has 2 rings (SSSR count). The number of rotatable bonds is 4. The molecule has 1 aromatic carbocycles. The van der Waals surface area contributed by atoms with Crippen molar-refractivity contribution in [3.8, 4) is 0 Å². The second kappa shape index (κ2) is 4.74. The van der Waals surface area contributed by atoms with Crippen LogP contribution in [0.1, 0.15) is 11.1 Å². The minimum atomic E-state index is -3.14. The van der Waals surface area contributed by atoms with E-state index < -0.39 is 9.84 Å². The first kappa shape index (κ1) is 12.5. The number of hydrogen-bond donors (Lipinski definition) is 1. The molecule has 0 amide bonds. The third-order valence-electron chi connectivity index (χ3n) is 3.04. The van der Waals surface area contributed by atoms with Crippen molar-refractivity contribution in [2.75, 3.05) is 18.8 Å². The smallest absolute Gasteiger partial charge is 0.154 e. The van der Waals surface area contributed by atoms with E-state index in [4.69, 9.17) is 0 Å². The monoisotopic (exact) mass is 257 g/mol. The summed E-state index contributed by atoms with van der Waals surface area (Å²) in [6.45, 7) is 3.33. The Labute approximate surface area is 101 Å². The summed E-state index contributed by atoms with van der Waals surface area (Å²) in [5.41, 5.74) is 1.39. The summed E-state index contributed by atoms with van der Waals surface area (Å²) in [7, 11) is -3.14. The van der Waals surface area contributed by atoms with Crippen molar-refractivity contribution in [1.82, 2.24) is 5.32 Å². The van der Waals surface area contributed by atoms with Gasteiger partial charge in [0.1, 0.15) is 5.82 Å². The molecular weight excluding hydrogens is 241 g/mol. The lowest BCUT2D eigenvalue weighted by Gasteiger charge is -2.26. The average molecular weight is 257 g/mol. The molecule has 0 spiro atoms. The molecule has 0 aliphatic carbocycles. The van der Waals surface area contributed by atoms with Gasteiger partial charge in [0.2, 0.25) is 0 Å². The molecule has 0 radical (unpaired) electrons. The molecule has 1 aliphatic heterocycles. The van der Waals surface area contributed by atoms with Gasteiger partial charge in [-0.3, -0.25) is 0 Å². The Morgan fingerprint density at radius 2 is 2.12 bits per heavy atom. The van der Waals surface area contributed by atoms with Gasteiger partial charge in [0, 0.05) is 13.1 Å². The van der Waals surface area contributed by atoms with E-state index in [0.717, 1.165) is 18.7 Å². The van der Waals surface area contributed by atoms with Gasteiger partial charge in [0.25, 0.3) is 0 Å². The van der Waals surface area contributed by atoms with Crippen molar-refractivity contribution >= 4 is 9.84 Å². The first-order valence-electron chi connectivity index (χ1n) is 5.62. The highest BCUT2D eigenvalue weighted by Gasteiger charge is 2.24. The molecule has 5 heteroatoms. The van der Waals surface area contributed by atoms with Crippen LogP contribution in [0.15, 0.2) is 18.2 Å². The molecule has 0 unspecified atom stereocenters. The standard InChI is InChI=1S/C12H16FNO2S/c1-9-2-3-12(13)4-11(9)8-17(15,16)7-10-5-14-6-10/h2-4,10,14H,5-8H2,1H3. The Hall–Kier alpha value is -0.940. The molecule has 0 aromatic heterocycles. The highest BCUT2D eigenvalue weighted by atomic mass is 32.2. The van der Waals surface area contributed by atoms with Crippen LogP contribution in [0.5, 0.6) is 0 Å². The molecule has 3 nitrogen and oxygen atoms in total. The molecular formula is C12H16FNO2S. The molecule has 0 saturated carbocycles. The van der Waals surface area contributed by atoms with E-state index in [-0.39, 0.29) is 23.2 Å². The van der Waals surface area contributed by atoms with Crippen LogP contribution < -0.4 is 5.32 Å². The Morgan fingerprint density at radius 3 is 2.71 bits per heavy atom. The highest BCUT2D eigenvalue weighted by Crippen LogP contribution is 2.16. The molecule has 1 saturated heterocycles. The zero-order valence-electron chi connectivity index (χ0n) is 9.74. The average Bonchev–Trinajstić information content (AvgIpc) is 2.18. The number of aryl methyl sites for hydroxylation is 1. The SMILES string of the molecule is Cc1ccc(F)cc1CS(=O)(=O)CC1CNC1. The third-order valence-corrected chi connectivity index (χ3v) is 4.77. The molecule has 17 heavy (non-hydrogen) atoms. The summed E-state index contributed by atoms with van der Waals surface area (Å²) in [6, 6.07) is 4.28. The lowest BCUT2D eigenvalue weighted by Crippen LogP contribution is -2.45. The van der Waals surface area contributed by atoms with Crippen LogP contribution in [-0.4, -0.2) is 27.3 Å². The minimum Gasteiger partial charge on any atom is -0.316 e. The largest absolute Gasteiger partial charge is 0.316 e. The molecule has 94 valence electrons. The minimum absolute atomic E-state index is 0.0624. The maximum absolute atomic E-state index is 13.1. The maximum atomic E-state index is 13.1. The first-order valence-corrected chi connectivity index (χ1v) is 7.44. The summed E-state index contributed by atoms with van der Waals surface area (Å²) < 4.78 is 36.9. The lowest BCUT2D eigenvalue weighted by molar-refractivity contribution is 0.378. The van der Waals surface area contributed by atoms with E-state index in [9.17, 15) is 12.8 Å². The molecule has 1 aliphatic rings. The molecule has 1 fully saturated rings. The zero-order chi connectivity index (χ0) is 12.5. The van der Waals surface area contributed by atoms with Crippen LogP contribution in [-0.2, 0) is 15.6 Å². The zero-order valence-corrected chi connectivity index (χ0v) is 10.6. The van der Waals surface area contributed by atoms with E-state index in [1.807, 2.05) is 0 Å². The number of sulfone groups is 1. The summed E-state index contributed by atoms with van der Waals surface area (Å²) in [6.07, 6.45) is 0. The second-order valence-corrected chi connectivity index (χ2v) is 6.76. The van der Waals surface area contributed by atoms with Crippen LogP contribution in [0, 0.1) is 18.7 Å². The van der Waals surface area contributed by atoms with E-state index in [2.05, 4.69) is 5.32 Å². The fourth-order valence-corrected chi connectivity index (χ4v) is 3.77. The lowest BCUT2D eigenvalue weighted by atomic mass is 10.1. The number of nitrogens with one attached hydrogen (secondary N) is 1. The van der Waals surface area contributed by atoms with Gasteiger partial charge in [-0.2, -0.15) is 0 Å². The van der Waals surface area contributed by atoms with Gasteiger partial charge >= 0.3 is 0 Å². The summed E-state index contributed by atoms with van der Waals surface area (Å²) >= 11 is 0. The molecule has 1 N–H and O–H groups in total. The molecule has 1 heterocycles. The van der Waals surface area contributed by atoms with E-state index >= 15 is 0 Å². The molecule has 1 aromatic rings. The van der Waals surface area contributed by atoms with Gasteiger partial charge in [-0.05, 0) is 36.1 Å². The second-order valence-electron chi connectivity index (χ2n) is 4.65. The van der Waals surface area contributed by atoms with Gasteiger partial charge in [0.05, 0.1) is 11.5 Å². The Balaban J connectivity index is 2.10. The first-order chi connectivity index (χ1) is 7.96. The maximum Gasteiger partial charge on any atom is 0.154 e. The van der Waals surface area contributed by atoms with Crippen molar-refractivity contribution < 1.29 is 12.8 Å². The van der Waals surface area contributed by atoms with Crippen molar-refractivity contribution in [1.29, 1.82) is 0 Å². The Kier molecular flexibility index (Phi) is 3.49. The van der Waals surface area contributed by atoms with E-state index in [0.29, 0.717) is 5.56 Å². The normalized spacial score (nSPS) is 16.8. The van der Waals surface area contributed by atoms with E-state index in [1.54, 1.807) is 13.0 Å². The van der Waals surface area contributed by atoms with Crippen LogP contribution in [0.25, 0.3) is 0 Å². The van der Waals surface area contributed by atoms with Crippen molar-refractivity contribution in [3.63, 3.8) is 0 Å². The summed E-state index contributed by atoms with van der Waals surface area (Å²) in [4.78, 5) is 0. The predicted molar refractivity (Wildman–Crippen MR) is 65.0 cm³/mol. The highest BCUT2D eigenvalue weighted by molar-refractivity contribution is 7.90. The third kappa shape index (κ3) is 3.26. The van der Waals surface area contributed by atoms with Crippen molar-refractivity contribution in [2.24, 2.45) is 5.92 Å². The molecule has 0 atom stereocenters. The van der Waals surface area contributed by atoms with Crippen LogP contribution in [0.4, 0.5) is 4.39 Å². The molecule has 0 bridgehead atoms.